The Bertz CT molecular complexity index is 462. The SMILES string of the molecule is COC(=O)Cc1csc(C2CN3CCCC3CO2)n1. The van der Waals surface area contributed by atoms with Crippen LogP contribution in [0.1, 0.15) is 29.6 Å². The Balaban J connectivity index is 1.64. The van der Waals surface area contributed by atoms with Gasteiger partial charge in [0.25, 0.3) is 0 Å². The summed E-state index contributed by atoms with van der Waals surface area (Å²) in [4.78, 5) is 18.2. The van der Waals surface area contributed by atoms with Crippen molar-refractivity contribution in [2.75, 3.05) is 26.8 Å². The maximum absolute atomic E-state index is 11.2. The van der Waals surface area contributed by atoms with Gasteiger partial charge in [0.05, 0.1) is 25.8 Å². The second kappa shape index (κ2) is 5.56. The minimum absolute atomic E-state index is 0.0609. The number of hydrogen-bond acceptors (Lipinski definition) is 6. The molecule has 19 heavy (non-hydrogen) atoms. The van der Waals surface area contributed by atoms with Gasteiger partial charge in [-0.3, -0.25) is 9.69 Å². The highest BCUT2D eigenvalue weighted by atomic mass is 32.1. The Morgan fingerprint density at radius 3 is 3.42 bits per heavy atom. The molecule has 0 spiro atoms. The van der Waals surface area contributed by atoms with Crippen molar-refractivity contribution >= 4 is 17.3 Å². The molecule has 2 unspecified atom stereocenters. The number of aromatic nitrogens is 1. The molecular formula is C13H18N2O3S. The summed E-state index contributed by atoms with van der Waals surface area (Å²) in [5.74, 6) is -0.249. The Morgan fingerprint density at radius 1 is 1.68 bits per heavy atom. The summed E-state index contributed by atoms with van der Waals surface area (Å²) in [5, 5.41) is 2.90. The lowest BCUT2D eigenvalue weighted by atomic mass is 10.2. The molecule has 0 aromatic carbocycles. The standard InChI is InChI=1S/C13H18N2O3S/c1-17-12(16)5-9-8-19-13(14-9)11-6-15-4-2-3-10(15)7-18-11/h8,10-11H,2-7H2,1H3. The van der Waals surface area contributed by atoms with E-state index in [1.54, 1.807) is 11.3 Å². The normalized spacial score (nSPS) is 27.2. The molecule has 2 atom stereocenters. The summed E-state index contributed by atoms with van der Waals surface area (Å²) in [7, 11) is 1.40. The first-order valence-corrected chi connectivity index (χ1v) is 7.51. The van der Waals surface area contributed by atoms with E-state index in [1.165, 1.54) is 26.5 Å². The van der Waals surface area contributed by atoms with Gasteiger partial charge in [-0.15, -0.1) is 11.3 Å². The third-order valence-corrected chi connectivity index (χ3v) is 4.77. The van der Waals surface area contributed by atoms with Crippen molar-refractivity contribution in [3.63, 3.8) is 0 Å². The van der Waals surface area contributed by atoms with Crippen LogP contribution in [-0.4, -0.2) is 48.7 Å². The number of methoxy groups -OCH3 is 1. The molecule has 5 nitrogen and oxygen atoms in total. The predicted octanol–water partition coefficient (Wildman–Crippen LogP) is 1.39. The first-order chi connectivity index (χ1) is 9.26. The largest absolute Gasteiger partial charge is 0.469 e. The number of fused-ring (bicyclic) bond motifs is 1. The molecule has 3 heterocycles. The average Bonchev–Trinajstić information content (AvgIpc) is 3.05. The zero-order valence-corrected chi connectivity index (χ0v) is 11.8. The van der Waals surface area contributed by atoms with Crippen molar-refractivity contribution in [1.82, 2.24) is 9.88 Å². The number of thiazole rings is 1. The molecule has 2 saturated heterocycles. The maximum Gasteiger partial charge on any atom is 0.311 e. The van der Waals surface area contributed by atoms with Gasteiger partial charge >= 0.3 is 5.97 Å². The summed E-state index contributed by atoms with van der Waals surface area (Å²) in [6.45, 7) is 2.90. The van der Waals surface area contributed by atoms with Gasteiger partial charge in [-0.25, -0.2) is 4.98 Å². The lowest BCUT2D eigenvalue weighted by Gasteiger charge is -2.34. The fraction of sp³-hybridized carbons (Fsp3) is 0.692. The first-order valence-electron chi connectivity index (χ1n) is 6.63. The minimum Gasteiger partial charge on any atom is -0.469 e. The van der Waals surface area contributed by atoms with Crippen LogP contribution in [0.5, 0.6) is 0 Å². The molecule has 0 radical (unpaired) electrons. The highest BCUT2D eigenvalue weighted by Crippen LogP contribution is 2.31. The van der Waals surface area contributed by atoms with Crippen molar-refractivity contribution in [2.24, 2.45) is 0 Å². The van der Waals surface area contributed by atoms with Crippen molar-refractivity contribution in [2.45, 2.75) is 31.4 Å². The predicted molar refractivity (Wildman–Crippen MR) is 71.1 cm³/mol. The fourth-order valence-electron chi connectivity index (χ4n) is 2.74. The van der Waals surface area contributed by atoms with Gasteiger partial charge in [0.15, 0.2) is 0 Å². The first kappa shape index (κ1) is 13.0. The molecule has 0 saturated carbocycles. The molecular weight excluding hydrogens is 264 g/mol. The number of ether oxygens (including phenoxy) is 2. The van der Waals surface area contributed by atoms with Gasteiger partial charge in [0.1, 0.15) is 11.1 Å². The van der Waals surface area contributed by atoms with Crippen LogP contribution < -0.4 is 0 Å². The average molecular weight is 282 g/mol. The lowest BCUT2D eigenvalue weighted by Crippen LogP contribution is -2.42. The van der Waals surface area contributed by atoms with E-state index >= 15 is 0 Å². The smallest absolute Gasteiger partial charge is 0.311 e. The number of morpholine rings is 1. The number of carbonyl (C=O) groups is 1. The van der Waals surface area contributed by atoms with E-state index in [-0.39, 0.29) is 18.5 Å². The van der Waals surface area contributed by atoms with Gasteiger partial charge in [0.2, 0.25) is 0 Å². The van der Waals surface area contributed by atoms with Crippen molar-refractivity contribution in [3.8, 4) is 0 Å². The summed E-state index contributed by atoms with van der Waals surface area (Å²) in [6, 6.07) is 0.603. The van der Waals surface area contributed by atoms with Crippen LogP contribution in [0.3, 0.4) is 0 Å². The summed E-state index contributed by atoms with van der Waals surface area (Å²) in [5.41, 5.74) is 0.777. The molecule has 0 N–H and O–H groups in total. The van der Waals surface area contributed by atoms with Crippen molar-refractivity contribution < 1.29 is 14.3 Å². The zero-order valence-electron chi connectivity index (χ0n) is 11.0. The summed E-state index contributed by atoms with van der Waals surface area (Å²) < 4.78 is 10.6. The summed E-state index contributed by atoms with van der Waals surface area (Å²) in [6.07, 6.45) is 2.82. The van der Waals surface area contributed by atoms with Crippen LogP contribution >= 0.6 is 11.3 Å². The van der Waals surface area contributed by atoms with E-state index in [1.807, 2.05) is 5.38 Å². The topological polar surface area (TPSA) is 51.7 Å². The Labute approximate surface area is 116 Å². The van der Waals surface area contributed by atoms with Gasteiger partial charge in [-0.05, 0) is 19.4 Å². The Morgan fingerprint density at radius 2 is 2.58 bits per heavy atom. The number of carbonyl (C=O) groups excluding carboxylic acids is 1. The quantitative estimate of drug-likeness (QED) is 0.784. The van der Waals surface area contributed by atoms with E-state index in [4.69, 9.17) is 4.74 Å². The third-order valence-electron chi connectivity index (χ3n) is 3.79. The van der Waals surface area contributed by atoms with Crippen LogP contribution in [0, 0.1) is 0 Å². The van der Waals surface area contributed by atoms with E-state index in [9.17, 15) is 4.79 Å². The Kier molecular flexibility index (Phi) is 3.81. The minimum atomic E-state index is -0.249. The summed E-state index contributed by atoms with van der Waals surface area (Å²) >= 11 is 1.57. The van der Waals surface area contributed by atoms with Crippen LogP contribution in [0.25, 0.3) is 0 Å². The molecule has 1 aromatic rings. The maximum atomic E-state index is 11.2. The van der Waals surface area contributed by atoms with Crippen LogP contribution in [0.15, 0.2) is 5.38 Å². The molecule has 2 aliphatic heterocycles. The Hall–Kier alpha value is -0.980. The van der Waals surface area contributed by atoms with Crippen molar-refractivity contribution in [1.29, 1.82) is 0 Å². The second-order valence-electron chi connectivity index (χ2n) is 5.04. The van der Waals surface area contributed by atoms with E-state index in [2.05, 4.69) is 14.6 Å². The van der Waals surface area contributed by atoms with Crippen LogP contribution in [0.2, 0.25) is 0 Å². The van der Waals surface area contributed by atoms with E-state index in [0.29, 0.717) is 6.04 Å². The van der Waals surface area contributed by atoms with Gasteiger partial charge in [-0.2, -0.15) is 0 Å². The second-order valence-corrected chi connectivity index (χ2v) is 5.93. The van der Waals surface area contributed by atoms with Gasteiger partial charge in [-0.1, -0.05) is 0 Å². The molecule has 0 aliphatic carbocycles. The fourth-order valence-corrected chi connectivity index (χ4v) is 3.60. The van der Waals surface area contributed by atoms with E-state index < -0.39 is 0 Å². The molecule has 3 rings (SSSR count). The van der Waals surface area contributed by atoms with Crippen LogP contribution in [-0.2, 0) is 20.7 Å². The monoisotopic (exact) mass is 282 g/mol. The third kappa shape index (κ3) is 2.80. The number of esters is 1. The molecule has 104 valence electrons. The zero-order chi connectivity index (χ0) is 13.2. The molecule has 0 bridgehead atoms. The number of nitrogens with zero attached hydrogens (tertiary/aromatic N) is 2. The van der Waals surface area contributed by atoms with Gasteiger partial charge < -0.3 is 9.47 Å². The highest BCUT2D eigenvalue weighted by molar-refractivity contribution is 7.09. The number of hydrogen-bond donors (Lipinski definition) is 0. The van der Waals surface area contributed by atoms with Gasteiger partial charge in [0, 0.05) is 18.0 Å². The molecule has 0 amide bonds. The highest BCUT2D eigenvalue weighted by Gasteiger charge is 2.34. The van der Waals surface area contributed by atoms with Crippen LogP contribution in [0.4, 0.5) is 0 Å². The molecule has 2 aliphatic rings. The number of rotatable bonds is 3. The molecule has 2 fully saturated rings. The molecule has 6 heteroatoms. The molecule has 1 aromatic heterocycles. The van der Waals surface area contributed by atoms with Crippen molar-refractivity contribution in [3.05, 3.63) is 16.1 Å². The lowest BCUT2D eigenvalue weighted by molar-refractivity contribution is -0.139. The van der Waals surface area contributed by atoms with E-state index in [0.717, 1.165) is 23.9 Å².